The number of amides is 1. The maximum absolute atomic E-state index is 11.3. The van der Waals surface area contributed by atoms with Crippen LogP contribution in [0.2, 0.25) is 0 Å². The monoisotopic (exact) mass is 246 g/mol. The quantitative estimate of drug-likeness (QED) is 0.842. The lowest BCUT2D eigenvalue weighted by atomic mass is 10.0. The Labute approximate surface area is 106 Å². The Morgan fingerprint density at radius 3 is 2.61 bits per heavy atom. The van der Waals surface area contributed by atoms with Gasteiger partial charge >= 0.3 is 0 Å². The van der Waals surface area contributed by atoms with Gasteiger partial charge in [-0.3, -0.25) is 4.79 Å². The summed E-state index contributed by atoms with van der Waals surface area (Å²) in [4.78, 5) is 15.6. The molecule has 1 heterocycles. The van der Waals surface area contributed by atoms with Crippen molar-refractivity contribution >= 4 is 16.9 Å². The number of aryl methyl sites for hydroxylation is 2. The number of aromatic nitrogens is 2. The van der Waals surface area contributed by atoms with E-state index in [4.69, 9.17) is 11.5 Å². The molecule has 2 aromatic rings. The van der Waals surface area contributed by atoms with E-state index in [0.29, 0.717) is 6.54 Å². The van der Waals surface area contributed by atoms with Gasteiger partial charge in [-0.15, -0.1) is 0 Å². The highest BCUT2D eigenvalue weighted by Gasteiger charge is 2.26. The fraction of sp³-hybridized carbons (Fsp3) is 0.385. The summed E-state index contributed by atoms with van der Waals surface area (Å²) in [5.74, 6) is -0.520. The number of fused-ring (bicyclic) bond motifs is 1. The fourth-order valence-corrected chi connectivity index (χ4v) is 1.87. The van der Waals surface area contributed by atoms with Crippen LogP contribution in [0, 0.1) is 13.8 Å². The minimum Gasteiger partial charge on any atom is -0.368 e. The Morgan fingerprint density at radius 1 is 1.39 bits per heavy atom. The Balaban J connectivity index is 2.47. The number of nitrogens with zero attached hydrogens (tertiary/aromatic N) is 2. The molecule has 1 aromatic heterocycles. The third-order valence-electron chi connectivity index (χ3n) is 3.30. The lowest BCUT2D eigenvalue weighted by molar-refractivity contribution is -0.122. The molecule has 5 nitrogen and oxygen atoms in total. The van der Waals surface area contributed by atoms with Crippen molar-refractivity contribution in [1.29, 1.82) is 0 Å². The van der Waals surface area contributed by atoms with Crippen LogP contribution in [0.5, 0.6) is 0 Å². The molecule has 1 amide bonds. The molecule has 0 saturated carbocycles. The summed E-state index contributed by atoms with van der Waals surface area (Å²) in [6.45, 7) is 6.04. The van der Waals surface area contributed by atoms with Crippen molar-refractivity contribution in [3.63, 3.8) is 0 Å². The molecule has 1 aromatic carbocycles. The summed E-state index contributed by atoms with van der Waals surface area (Å²) < 4.78 is 1.87. The Morgan fingerprint density at radius 2 is 2.00 bits per heavy atom. The smallest absolute Gasteiger partial charge is 0.239 e. The summed E-state index contributed by atoms with van der Waals surface area (Å²) in [5, 5.41) is 0. The third-order valence-corrected chi connectivity index (χ3v) is 3.30. The molecule has 0 spiro atoms. The molecule has 1 unspecified atom stereocenters. The molecule has 0 radical (unpaired) electrons. The van der Waals surface area contributed by atoms with Crippen molar-refractivity contribution in [1.82, 2.24) is 9.55 Å². The standard InChI is InChI=1S/C13H18N4O/c1-8-4-10-11(5-9(8)2)17(7-16-10)6-13(3,15)12(14)18/h4-5,7H,6,15H2,1-3H3,(H2,14,18). The van der Waals surface area contributed by atoms with Gasteiger partial charge in [-0.1, -0.05) is 0 Å². The van der Waals surface area contributed by atoms with Crippen molar-refractivity contribution in [2.24, 2.45) is 11.5 Å². The van der Waals surface area contributed by atoms with Gasteiger partial charge in [0, 0.05) is 0 Å². The number of carbonyl (C=O) groups excluding carboxylic acids is 1. The van der Waals surface area contributed by atoms with E-state index in [1.54, 1.807) is 13.3 Å². The topological polar surface area (TPSA) is 86.9 Å². The predicted molar refractivity (Wildman–Crippen MR) is 71.0 cm³/mol. The van der Waals surface area contributed by atoms with Crippen LogP contribution in [0.1, 0.15) is 18.1 Å². The maximum atomic E-state index is 11.3. The summed E-state index contributed by atoms with van der Waals surface area (Å²) in [7, 11) is 0. The van der Waals surface area contributed by atoms with Crippen LogP contribution in [0.25, 0.3) is 11.0 Å². The minimum absolute atomic E-state index is 0.321. The number of primary amides is 1. The van der Waals surface area contributed by atoms with E-state index in [2.05, 4.69) is 11.1 Å². The normalized spacial score (nSPS) is 14.7. The second kappa shape index (κ2) is 4.10. The predicted octanol–water partition coefficient (Wildman–Crippen LogP) is 0.856. The zero-order chi connectivity index (χ0) is 13.5. The average Bonchev–Trinajstić information content (AvgIpc) is 2.61. The van der Waals surface area contributed by atoms with E-state index in [1.165, 1.54) is 11.1 Å². The third kappa shape index (κ3) is 2.09. The molecular weight excluding hydrogens is 228 g/mol. The lowest BCUT2D eigenvalue weighted by Crippen LogP contribution is -2.52. The average molecular weight is 246 g/mol. The molecule has 0 aliphatic heterocycles. The van der Waals surface area contributed by atoms with Crippen LogP contribution in [0.15, 0.2) is 18.5 Å². The van der Waals surface area contributed by atoms with Crippen molar-refractivity contribution in [3.05, 3.63) is 29.6 Å². The molecule has 0 aliphatic rings. The summed E-state index contributed by atoms with van der Waals surface area (Å²) >= 11 is 0. The number of imidazole rings is 1. The van der Waals surface area contributed by atoms with Crippen molar-refractivity contribution < 1.29 is 4.79 Å². The van der Waals surface area contributed by atoms with E-state index < -0.39 is 11.4 Å². The molecule has 2 rings (SSSR count). The van der Waals surface area contributed by atoms with E-state index >= 15 is 0 Å². The Bertz CT molecular complexity index is 613. The Kier molecular flexibility index (Phi) is 2.86. The zero-order valence-electron chi connectivity index (χ0n) is 10.9. The SMILES string of the molecule is Cc1cc2ncn(CC(C)(N)C(N)=O)c2cc1C. The minimum atomic E-state index is -1.08. The van der Waals surface area contributed by atoms with Gasteiger partial charge in [0.25, 0.3) is 0 Å². The number of benzene rings is 1. The van der Waals surface area contributed by atoms with Crippen molar-refractivity contribution in [2.75, 3.05) is 0 Å². The van der Waals surface area contributed by atoms with E-state index in [9.17, 15) is 4.79 Å². The second-order valence-corrected chi connectivity index (χ2v) is 5.08. The molecule has 1 atom stereocenters. The molecule has 4 N–H and O–H groups in total. The fourth-order valence-electron chi connectivity index (χ4n) is 1.87. The second-order valence-electron chi connectivity index (χ2n) is 5.08. The molecule has 0 fully saturated rings. The van der Waals surface area contributed by atoms with E-state index in [0.717, 1.165) is 11.0 Å². The van der Waals surface area contributed by atoms with Crippen LogP contribution in [-0.4, -0.2) is 21.0 Å². The van der Waals surface area contributed by atoms with Gasteiger partial charge in [0.15, 0.2) is 0 Å². The first-order chi connectivity index (χ1) is 8.31. The molecule has 96 valence electrons. The first-order valence-corrected chi connectivity index (χ1v) is 5.82. The van der Waals surface area contributed by atoms with Gasteiger partial charge < -0.3 is 16.0 Å². The lowest BCUT2D eigenvalue weighted by Gasteiger charge is -2.21. The molecular formula is C13H18N4O. The van der Waals surface area contributed by atoms with Gasteiger partial charge in [0.2, 0.25) is 5.91 Å². The van der Waals surface area contributed by atoms with Crippen LogP contribution >= 0.6 is 0 Å². The maximum Gasteiger partial charge on any atom is 0.239 e. The van der Waals surface area contributed by atoms with Gasteiger partial charge in [-0.2, -0.15) is 0 Å². The van der Waals surface area contributed by atoms with Crippen LogP contribution in [-0.2, 0) is 11.3 Å². The Hall–Kier alpha value is -1.88. The largest absolute Gasteiger partial charge is 0.368 e. The summed E-state index contributed by atoms with van der Waals surface area (Å²) in [6.07, 6.45) is 1.69. The first kappa shape index (κ1) is 12.6. The van der Waals surface area contributed by atoms with Crippen LogP contribution < -0.4 is 11.5 Å². The number of hydrogen-bond donors (Lipinski definition) is 2. The highest BCUT2D eigenvalue weighted by atomic mass is 16.1. The van der Waals surface area contributed by atoms with Gasteiger partial charge in [0.1, 0.15) is 5.54 Å². The highest BCUT2D eigenvalue weighted by Crippen LogP contribution is 2.19. The number of rotatable bonds is 3. The van der Waals surface area contributed by atoms with Gasteiger partial charge in [-0.05, 0) is 44.0 Å². The summed E-state index contributed by atoms with van der Waals surface area (Å²) in [5.41, 5.74) is 14.3. The molecule has 0 aliphatic carbocycles. The number of hydrogen-bond acceptors (Lipinski definition) is 3. The van der Waals surface area contributed by atoms with E-state index in [1.807, 2.05) is 24.5 Å². The van der Waals surface area contributed by atoms with Crippen LogP contribution in [0.4, 0.5) is 0 Å². The molecule has 5 heteroatoms. The van der Waals surface area contributed by atoms with Crippen molar-refractivity contribution in [2.45, 2.75) is 32.9 Å². The number of nitrogens with two attached hydrogens (primary N) is 2. The zero-order valence-corrected chi connectivity index (χ0v) is 10.9. The molecule has 18 heavy (non-hydrogen) atoms. The van der Waals surface area contributed by atoms with Crippen LogP contribution in [0.3, 0.4) is 0 Å². The van der Waals surface area contributed by atoms with Gasteiger partial charge in [0.05, 0.1) is 23.9 Å². The summed E-state index contributed by atoms with van der Waals surface area (Å²) in [6, 6.07) is 4.08. The number of carbonyl (C=O) groups is 1. The van der Waals surface area contributed by atoms with E-state index in [-0.39, 0.29) is 0 Å². The molecule has 0 saturated heterocycles. The first-order valence-electron chi connectivity index (χ1n) is 5.82. The highest BCUT2D eigenvalue weighted by molar-refractivity contribution is 5.84. The van der Waals surface area contributed by atoms with Gasteiger partial charge in [-0.25, -0.2) is 4.98 Å². The molecule has 0 bridgehead atoms. The van der Waals surface area contributed by atoms with Crippen molar-refractivity contribution in [3.8, 4) is 0 Å².